The average Bonchev–Trinajstić information content (AvgIpc) is 2.66. The number of hydrogen-bond acceptors (Lipinski definition) is 2. The second kappa shape index (κ2) is 4.35. The minimum absolute atomic E-state index is 0.203. The molecule has 0 N–H and O–H groups in total. The number of esters is 1. The van der Waals surface area contributed by atoms with Crippen LogP contribution in [0.4, 0.5) is 0 Å². The van der Waals surface area contributed by atoms with Crippen molar-refractivity contribution < 1.29 is 9.53 Å². The van der Waals surface area contributed by atoms with Crippen LogP contribution >= 0.6 is 0 Å². The zero-order valence-corrected chi connectivity index (χ0v) is 9.44. The van der Waals surface area contributed by atoms with E-state index in [0.717, 1.165) is 5.56 Å². The molecule has 0 aliphatic heterocycles. The lowest BCUT2D eigenvalue weighted by Crippen LogP contribution is -2.09. The first-order valence-electron chi connectivity index (χ1n) is 5.29. The number of methoxy groups -OCH3 is 1. The SMILES string of the molecule is COC(=O)C(C)c1ccc2cccc-2cc1. The molecule has 2 aliphatic rings. The quantitative estimate of drug-likeness (QED) is 0.718. The predicted molar refractivity (Wildman–Crippen MR) is 63.5 cm³/mol. The Bertz CT molecular complexity index is 445. The van der Waals surface area contributed by atoms with Gasteiger partial charge in [0.2, 0.25) is 0 Å². The summed E-state index contributed by atoms with van der Waals surface area (Å²) >= 11 is 0. The first-order chi connectivity index (χ1) is 7.72. The summed E-state index contributed by atoms with van der Waals surface area (Å²) in [6.45, 7) is 1.85. The molecule has 0 amide bonds. The predicted octanol–water partition coefficient (Wildman–Crippen LogP) is 3.07. The van der Waals surface area contributed by atoms with Crippen molar-refractivity contribution in [1.82, 2.24) is 0 Å². The molecule has 2 heteroatoms. The van der Waals surface area contributed by atoms with Gasteiger partial charge in [-0.3, -0.25) is 4.79 Å². The van der Waals surface area contributed by atoms with Gasteiger partial charge in [0.15, 0.2) is 0 Å². The van der Waals surface area contributed by atoms with Crippen LogP contribution in [0, 0.1) is 0 Å². The number of hydrogen-bond donors (Lipinski definition) is 0. The molecule has 0 bridgehead atoms. The maximum Gasteiger partial charge on any atom is 0.312 e. The zero-order chi connectivity index (χ0) is 11.5. The zero-order valence-electron chi connectivity index (χ0n) is 9.44. The van der Waals surface area contributed by atoms with E-state index in [1.54, 1.807) is 0 Å². The monoisotopic (exact) mass is 214 g/mol. The smallest absolute Gasteiger partial charge is 0.312 e. The van der Waals surface area contributed by atoms with Crippen LogP contribution in [0.5, 0.6) is 0 Å². The molecule has 0 saturated carbocycles. The third kappa shape index (κ3) is 1.91. The maximum absolute atomic E-state index is 11.4. The Morgan fingerprint density at radius 1 is 1.06 bits per heavy atom. The number of fused-ring (bicyclic) bond motifs is 1. The molecule has 16 heavy (non-hydrogen) atoms. The van der Waals surface area contributed by atoms with E-state index < -0.39 is 0 Å². The van der Waals surface area contributed by atoms with E-state index in [2.05, 4.69) is 12.1 Å². The molecule has 0 aromatic carbocycles. The second-order valence-corrected chi connectivity index (χ2v) is 3.85. The van der Waals surface area contributed by atoms with Crippen molar-refractivity contribution in [3.8, 4) is 11.1 Å². The molecule has 0 aromatic rings. The van der Waals surface area contributed by atoms with Crippen molar-refractivity contribution in [2.24, 2.45) is 0 Å². The first-order valence-corrected chi connectivity index (χ1v) is 5.29. The van der Waals surface area contributed by atoms with Gasteiger partial charge in [0.1, 0.15) is 0 Å². The molecule has 1 unspecified atom stereocenters. The lowest BCUT2D eigenvalue weighted by Gasteiger charge is -2.06. The Kier molecular flexibility index (Phi) is 2.91. The Labute approximate surface area is 95.2 Å². The van der Waals surface area contributed by atoms with Gasteiger partial charge < -0.3 is 4.74 Å². The molecular formula is C14H14O2. The van der Waals surface area contributed by atoms with E-state index in [9.17, 15) is 4.79 Å². The van der Waals surface area contributed by atoms with E-state index in [1.807, 2.05) is 37.3 Å². The van der Waals surface area contributed by atoms with Gasteiger partial charge in [-0.15, -0.1) is 0 Å². The summed E-state index contributed by atoms with van der Waals surface area (Å²) < 4.78 is 4.74. The van der Waals surface area contributed by atoms with Gasteiger partial charge in [0.05, 0.1) is 13.0 Å². The third-order valence-corrected chi connectivity index (χ3v) is 2.85. The lowest BCUT2D eigenvalue weighted by molar-refractivity contribution is -0.141. The van der Waals surface area contributed by atoms with Crippen molar-refractivity contribution >= 4 is 5.97 Å². The number of ether oxygens (including phenoxy) is 1. The van der Waals surface area contributed by atoms with Crippen molar-refractivity contribution in [2.75, 3.05) is 7.11 Å². The fourth-order valence-electron chi connectivity index (χ4n) is 1.78. The highest BCUT2D eigenvalue weighted by Gasteiger charge is 2.15. The van der Waals surface area contributed by atoms with Gasteiger partial charge in [-0.05, 0) is 23.6 Å². The van der Waals surface area contributed by atoms with Crippen molar-refractivity contribution in [1.29, 1.82) is 0 Å². The van der Waals surface area contributed by atoms with Gasteiger partial charge in [-0.25, -0.2) is 0 Å². The summed E-state index contributed by atoms with van der Waals surface area (Å²) in [6.07, 6.45) is 0. The van der Waals surface area contributed by atoms with E-state index in [4.69, 9.17) is 4.74 Å². The summed E-state index contributed by atoms with van der Waals surface area (Å²) in [5, 5.41) is 0. The van der Waals surface area contributed by atoms with E-state index >= 15 is 0 Å². The maximum atomic E-state index is 11.4. The molecule has 82 valence electrons. The van der Waals surface area contributed by atoms with Crippen molar-refractivity contribution in [2.45, 2.75) is 12.8 Å². The van der Waals surface area contributed by atoms with Gasteiger partial charge >= 0.3 is 5.97 Å². The molecule has 2 rings (SSSR count). The summed E-state index contributed by atoms with van der Waals surface area (Å²) in [5.74, 6) is -0.424. The fourth-order valence-corrected chi connectivity index (χ4v) is 1.78. The topological polar surface area (TPSA) is 26.3 Å². The van der Waals surface area contributed by atoms with E-state index in [0.29, 0.717) is 0 Å². The molecule has 0 fully saturated rings. The largest absolute Gasteiger partial charge is 0.469 e. The van der Waals surface area contributed by atoms with Crippen molar-refractivity contribution in [3.63, 3.8) is 0 Å². The molecule has 0 radical (unpaired) electrons. The molecule has 2 aliphatic carbocycles. The first kappa shape index (κ1) is 10.7. The van der Waals surface area contributed by atoms with Crippen molar-refractivity contribution in [3.05, 3.63) is 48.0 Å². The Hall–Kier alpha value is -1.83. The highest BCUT2D eigenvalue weighted by molar-refractivity contribution is 5.78. The van der Waals surface area contributed by atoms with Crippen LogP contribution < -0.4 is 0 Å². The summed E-state index contributed by atoms with van der Waals surface area (Å²) in [7, 11) is 1.41. The molecule has 0 aromatic heterocycles. The minimum Gasteiger partial charge on any atom is -0.469 e. The highest BCUT2D eigenvalue weighted by Crippen LogP contribution is 2.24. The van der Waals surface area contributed by atoms with E-state index in [1.165, 1.54) is 18.2 Å². The van der Waals surface area contributed by atoms with Gasteiger partial charge in [-0.2, -0.15) is 0 Å². The van der Waals surface area contributed by atoms with Gasteiger partial charge in [-0.1, -0.05) is 42.5 Å². The van der Waals surface area contributed by atoms with Crippen LogP contribution in [0.1, 0.15) is 18.4 Å². The Morgan fingerprint density at radius 2 is 1.62 bits per heavy atom. The molecule has 0 saturated heterocycles. The highest BCUT2D eigenvalue weighted by atomic mass is 16.5. The van der Waals surface area contributed by atoms with Crippen LogP contribution in [0.15, 0.2) is 42.5 Å². The van der Waals surface area contributed by atoms with Crippen LogP contribution in [-0.4, -0.2) is 13.1 Å². The van der Waals surface area contributed by atoms with Crippen LogP contribution in [0.2, 0.25) is 0 Å². The minimum atomic E-state index is -0.221. The van der Waals surface area contributed by atoms with Crippen LogP contribution in [0.3, 0.4) is 0 Å². The summed E-state index contributed by atoms with van der Waals surface area (Å²) in [4.78, 5) is 11.4. The van der Waals surface area contributed by atoms with Crippen LogP contribution in [0.25, 0.3) is 11.1 Å². The molecule has 2 nitrogen and oxygen atoms in total. The molecule has 1 atom stereocenters. The summed E-state index contributed by atoms with van der Waals surface area (Å²) in [5.41, 5.74) is 3.34. The molecule has 0 spiro atoms. The standard InChI is InChI=1S/C14H14O2/c1-10(14(15)16-2)11-6-8-12-4-3-5-13(12)9-7-11/h3-10H,1-2H3. The molecule has 0 heterocycles. The number of rotatable bonds is 2. The third-order valence-electron chi connectivity index (χ3n) is 2.85. The average molecular weight is 214 g/mol. The lowest BCUT2D eigenvalue weighted by atomic mass is 10.0. The Morgan fingerprint density at radius 3 is 2.12 bits per heavy atom. The fraction of sp³-hybridized carbons (Fsp3) is 0.214. The van der Waals surface area contributed by atoms with Crippen LogP contribution in [-0.2, 0) is 9.53 Å². The van der Waals surface area contributed by atoms with E-state index in [-0.39, 0.29) is 11.9 Å². The van der Waals surface area contributed by atoms with Gasteiger partial charge in [0.25, 0.3) is 0 Å². The number of carbonyl (C=O) groups excluding carboxylic acids is 1. The van der Waals surface area contributed by atoms with Gasteiger partial charge in [0, 0.05) is 0 Å². The summed E-state index contributed by atoms with van der Waals surface area (Å²) in [6, 6.07) is 14.2. The second-order valence-electron chi connectivity index (χ2n) is 3.85. The Balaban J connectivity index is 2.39. The normalized spacial score (nSPS) is 12.4. The molecular weight excluding hydrogens is 200 g/mol. The number of carbonyl (C=O) groups is 1.